The average molecular weight is 399 g/mol. The van der Waals surface area contributed by atoms with Crippen LogP contribution in [0.3, 0.4) is 0 Å². The van der Waals surface area contributed by atoms with Crippen LogP contribution in [0.15, 0.2) is 12.1 Å². The smallest absolute Gasteiger partial charge is 0.267 e. The molecule has 4 unspecified atom stereocenters. The third kappa shape index (κ3) is 3.68. The minimum Gasteiger partial charge on any atom is -0.490 e. The maximum atomic E-state index is 14.4. The highest BCUT2D eigenvalue weighted by atomic mass is 32.2. The van der Waals surface area contributed by atoms with Crippen molar-refractivity contribution in [2.45, 2.75) is 38.5 Å². The van der Waals surface area contributed by atoms with Crippen molar-refractivity contribution in [1.82, 2.24) is 4.72 Å². The molecule has 0 heterocycles. The van der Waals surface area contributed by atoms with E-state index in [4.69, 9.17) is 4.74 Å². The van der Waals surface area contributed by atoms with E-state index >= 15 is 0 Å². The first-order valence-electron chi connectivity index (χ1n) is 9.28. The van der Waals surface area contributed by atoms with Crippen LogP contribution in [-0.2, 0) is 10.0 Å². The van der Waals surface area contributed by atoms with Crippen molar-refractivity contribution in [2.24, 2.45) is 23.2 Å². The zero-order chi connectivity index (χ0) is 19.4. The quantitative estimate of drug-likeness (QED) is 0.825. The van der Waals surface area contributed by atoms with Crippen LogP contribution in [0.4, 0.5) is 8.78 Å². The summed E-state index contributed by atoms with van der Waals surface area (Å²) in [4.78, 5) is 11.8. The molecule has 5 nitrogen and oxygen atoms in total. The minimum atomic E-state index is -3.87. The van der Waals surface area contributed by atoms with Crippen molar-refractivity contribution in [3.8, 4) is 5.75 Å². The largest absolute Gasteiger partial charge is 0.490 e. The predicted octanol–water partition coefficient (Wildman–Crippen LogP) is 3.25. The number of hydrogen-bond acceptors (Lipinski definition) is 4. The number of rotatable bonds is 5. The van der Waals surface area contributed by atoms with Crippen LogP contribution in [0, 0.1) is 34.8 Å². The zero-order valence-electron chi connectivity index (χ0n) is 15.1. The molecule has 0 aromatic heterocycles. The van der Waals surface area contributed by atoms with Crippen molar-refractivity contribution in [2.75, 3.05) is 12.9 Å². The molecule has 4 rings (SSSR count). The summed E-state index contributed by atoms with van der Waals surface area (Å²) in [5.41, 5.74) is -0.621. The molecule has 3 aliphatic carbocycles. The van der Waals surface area contributed by atoms with E-state index in [1.54, 1.807) is 4.72 Å². The van der Waals surface area contributed by atoms with Gasteiger partial charge in [0.2, 0.25) is 10.0 Å². The van der Waals surface area contributed by atoms with Crippen molar-refractivity contribution < 1.29 is 26.7 Å². The lowest BCUT2D eigenvalue weighted by Crippen LogP contribution is -2.33. The molecular formula is C19H23F2NO4S. The first-order valence-corrected chi connectivity index (χ1v) is 11.2. The van der Waals surface area contributed by atoms with Gasteiger partial charge in [0.1, 0.15) is 5.82 Å². The summed E-state index contributed by atoms with van der Waals surface area (Å²) in [6.45, 7) is 0.349. The summed E-state index contributed by atoms with van der Waals surface area (Å²) in [5, 5.41) is 0. The molecule has 0 radical (unpaired) electrons. The maximum absolute atomic E-state index is 14.4. The number of carbonyl (C=O) groups is 1. The third-order valence-corrected chi connectivity index (χ3v) is 6.99. The van der Waals surface area contributed by atoms with Gasteiger partial charge in [-0.15, -0.1) is 0 Å². The van der Waals surface area contributed by atoms with Gasteiger partial charge in [-0.05, 0) is 55.9 Å². The van der Waals surface area contributed by atoms with Gasteiger partial charge in [0.05, 0.1) is 18.4 Å². The second kappa shape index (κ2) is 6.43. The number of halogens is 2. The fourth-order valence-electron chi connectivity index (χ4n) is 5.55. The Morgan fingerprint density at radius 2 is 1.93 bits per heavy atom. The average Bonchev–Trinajstić information content (AvgIpc) is 2.73. The fraction of sp³-hybridized carbons (Fsp3) is 0.632. The topological polar surface area (TPSA) is 72.5 Å². The highest BCUT2D eigenvalue weighted by Crippen LogP contribution is 2.61. The highest BCUT2D eigenvalue weighted by Gasteiger charge is 2.53. The Hall–Kier alpha value is -1.70. The van der Waals surface area contributed by atoms with E-state index in [0.29, 0.717) is 12.7 Å². The lowest BCUT2D eigenvalue weighted by atomic mass is 9.68. The summed E-state index contributed by atoms with van der Waals surface area (Å²) < 4.78 is 58.1. The number of fused-ring (bicyclic) bond motifs is 2. The second-order valence-corrected chi connectivity index (χ2v) is 10.3. The predicted molar refractivity (Wildman–Crippen MR) is 94.8 cm³/mol. The monoisotopic (exact) mass is 399 g/mol. The van der Waals surface area contributed by atoms with Gasteiger partial charge >= 0.3 is 0 Å². The molecule has 8 heteroatoms. The minimum absolute atomic E-state index is 0.0456. The number of amides is 1. The van der Waals surface area contributed by atoms with Crippen LogP contribution in [0.1, 0.15) is 48.9 Å². The number of ether oxygens (including phenoxy) is 1. The van der Waals surface area contributed by atoms with Gasteiger partial charge in [0.25, 0.3) is 5.91 Å². The summed E-state index contributed by atoms with van der Waals surface area (Å²) >= 11 is 0. The molecule has 0 aliphatic heterocycles. The summed E-state index contributed by atoms with van der Waals surface area (Å²) in [6.07, 6.45) is 7.85. The Balaban J connectivity index is 1.49. The van der Waals surface area contributed by atoms with E-state index in [9.17, 15) is 22.0 Å². The summed E-state index contributed by atoms with van der Waals surface area (Å²) in [6, 6.07) is 1.51. The first kappa shape index (κ1) is 18.7. The Bertz CT molecular complexity index is 884. The van der Waals surface area contributed by atoms with Crippen molar-refractivity contribution in [3.63, 3.8) is 0 Å². The van der Waals surface area contributed by atoms with Crippen molar-refractivity contribution >= 4 is 15.9 Å². The molecule has 148 valence electrons. The van der Waals surface area contributed by atoms with Gasteiger partial charge in [0, 0.05) is 11.5 Å². The van der Waals surface area contributed by atoms with Crippen LogP contribution >= 0.6 is 0 Å². The van der Waals surface area contributed by atoms with E-state index in [1.165, 1.54) is 19.3 Å². The van der Waals surface area contributed by atoms with E-state index < -0.39 is 33.1 Å². The van der Waals surface area contributed by atoms with E-state index in [0.717, 1.165) is 49.3 Å². The van der Waals surface area contributed by atoms with Gasteiger partial charge in [-0.3, -0.25) is 4.79 Å². The first-order chi connectivity index (χ1) is 12.6. The fourth-order valence-corrected chi connectivity index (χ4v) is 5.99. The van der Waals surface area contributed by atoms with Crippen LogP contribution in [0.2, 0.25) is 0 Å². The van der Waals surface area contributed by atoms with Gasteiger partial charge in [0.15, 0.2) is 11.6 Å². The van der Waals surface area contributed by atoms with Crippen molar-refractivity contribution in [3.05, 3.63) is 29.3 Å². The van der Waals surface area contributed by atoms with Gasteiger partial charge in [-0.2, -0.15) is 0 Å². The Morgan fingerprint density at radius 1 is 1.19 bits per heavy atom. The standard InChI is InChI=1S/C19H23F2NO4S/c1-27(24,25)22-18(23)14-5-16(21)17(6-15(14)20)26-10-19-7-11-2-3-12(8-19)13(4-11)9-19/h5-6,11-13H,2-4,7-10H2,1H3,(H,22,23). The second-order valence-electron chi connectivity index (χ2n) is 8.57. The molecule has 3 fully saturated rings. The van der Waals surface area contributed by atoms with Crippen LogP contribution in [0.5, 0.6) is 5.75 Å². The molecule has 3 bridgehead atoms. The SMILES string of the molecule is CS(=O)(=O)NC(=O)c1cc(F)c(OCC23CC4CCC(C2)C(C4)C3)cc1F. The molecule has 4 atom stereocenters. The Kier molecular flexibility index (Phi) is 4.44. The number of hydrogen-bond donors (Lipinski definition) is 1. The highest BCUT2D eigenvalue weighted by molar-refractivity contribution is 7.89. The molecule has 0 saturated heterocycles. The molecule has 1 aromatic carbocycles. The molecule has 1 aromatic rings. The zero-order valence-corrected chi connectivity index (χ0v) is 16.0. The maximum Gasteiger partial charge on any atom is 0.267 e. The number of carbonyl (C=O) groups excluding carboxylic acids is 1. The summed E-state index contributed by atoms with van der Waals surface area (Å²) in [7, 11) is -3.87. The molecule has 1 N–H and O–H groups in total. The van der Waals surface area contributed by atoms with Gasteiger partial charge in [-0.25, -0.2) is 21.9 Å². The summed E-state index contributed by atoms with van der Waals surface area (Å²) in [5.74, 6) is -1.14. The van der Waals surface area contributed by atoms with Crippen LogP contribution in [-0.4, -0.2) is 27.2 Å². The molecule has 1 amide bonds. The molecule has 3 aliphatic rings. The van der Waals surface area contributed by atoms with E-state index in [1.807, 2.05) is 0 Å². The lowest BCUT2D eigenvalue weighted by Gasteiger charge is -2.39. The molecule has 27 heavy (non-hydrogen) atoms. The molecule has 0 spiro atoms. The van der Waals surface area contributed by atoms with E-state index in [2.05, 4.69) is 0 Å². The number of benzene rings is 1. The van der Waals surface area contributed by atoms with Crippen LogP contribution < -0.4 is 9.46 Å². The van der Waals surface area contributed by atoms with Gasteiger partial charge < -0.3 is 4.74 Å². The Labute approximate surface area is 157 Å². The number of nitrogens with one attached hydrogen (secondary N) is 1. The lowest BCUT2D eigenvalue weighted by molar-refractivity contribution is 0.0734. The van der Waals surface area contributed by atoms with E-state index in [-0.39, 0.29) is 11.2 Å². The molecular weight excluding hydrogens is 376 g/mol. The number of sulfonamides is 1. The van der Waals surface area contributed by atoms with Crippen LogP contribution in [0.25, 0.3) is 0 Å². The normalized spacial score (nSPS) is 31.7. The Morgan fingerprint density at radius 3 is 2.67 bits per heavy atom. The van der Waals surface area contributed by atoms with Crippen molar-refractivity contribution in [1.29, 1.82) is 0 Å². The van der Waals surface area contributed by atoms with Gasteiger partial charge in [-0.1, -0.05) is 6.42 Å². The third-order valence-electron chi connectivity index (χ3n) is 6.44. The molecule has 3 saturated carbocycles.